The average Bonchev–Trinajstić information content (AvgIpc) is 3.05. The van der Waals surface area contributed by atoms with Gasteiger partial charge in [-0.1, -0.05) is 12.1 Å². The summed E-state index contributed by atoms with van der Waals surface area (Å²) < 4.78 is 11.0. The van der Waals surface area contributed by atoms with Gasteiger partial charge in [-0.2, -0.15) is 5.10 Å². The van der Waals surface area contributed by atoms with Crippen molar-refractivity contribution in [3.05, 3.63) is 53.1 Å². The van der Waals surface area contributed by atoms with Crippen LogP contribution in [0.15, 0.2) is 46.6 Å². The number of nitrogen functional groups attached to an aromatic ring is 1. The summed E-state index contributed by atoms with van der Waals surface area (Å²) in [6.07, 6.45) is 0. The van der Waals surface area contributed by atoms with Crippen molar-refractivity contribution in [1.82, 2.24) is 5.32 Å². The Balaban J connectivity index is 1.95. The molecule has 26 heavy (non-hydrogen) atoms. The maximum Gasteiger partial charge on any atom is 0.233 e. The Morgan fingerprint density at radius 2 is 1.85 bits per heavy atom. The zero-order chi connectivity index (χ0) is 18.3. The van der Waals surface area contributed by atoms with Gasteiger partial charge in [0.2, 0.25) is 12.7 Å². The first-order chi connectivity index (χ1) is 12.6. The first-order valence-electron chi connectivity index (χ1n) is 8.22. The lowest BCUT2D eigenvalue weighted by atomic mass is 9.86. The van der Waals surface area contributed by atoms with Crippen LogP contribution in [0.25, 0.3) is 0 Å². The van der Waals surface area contributed by atoms with Crippen LogP contribution in [0.1, 0.15) is 29.5 Å². The van der Waals surface area contributed by atoms with E-state index in [1.807, 2.05) is 36.4 Å². The summed E-state index contributed by atoms with van der Waals surface area (Å²) in [6, 6.07) is 11.1. The molecular formula is C19H18N4O3. The molecule has 1 atom stereocenters. The monoisotopic (exact) mass is 350 g/mol. The second kappa shape index (κ2) is 6.18. The van der Waals surface area contributed by atoms with E-state index in [0.29, 0.717) is 28.6 Å². The molecule has 2 aromatic rings. The second-order valence-corrected chi connectivity index (χ2v) is 6.15. The number of carbonyl (C=O) groups is 1. The lowest BCUT2D eigenvalue weighted by Crippen LogP contribution is -2.30. The van der Waals surface area contributed by atoms with Crippen molar-refractivity contribution in [3.63, 3.8) is 0 Å². The number of carbonyl (C=O) groups excluding carboxylic acids is 1. The molecule has 4 rings (SSSR count). The Kier molecular flexibility index (Phi) is 3.84. The molecule has 0 radical (unpaired) electrons. The zero-order valence-corrected chi connectivity index (χ0v) is 14.4. The Morgan fingerprint density at radius 3 is 2.54 bits per heavy atom. The third-order valence-electron chi connectivity index (χ3n) is 4.53. The summed E-state index contributed by atoms with van der Waals surface area (Å²) in [7, 11) is 1.61. The molecule has 132 valence electrons. The van der Waals surface area contributed by atoms with Crippen molar-refractivity contribution < 1.29 is 14.3 Å². The lowest BCUT2D eigenvalue weighted by Gasteiger charge is -2.18. The molecule has 0 aliphatic carbocycles. The van der Waals surface area contributed by atoms with E-state index in [1.165, 1.54) is 0 Å². The number of likely N-dealkylation sites (N-methyl/N-ethyl adjacent to an activating group) is 1. The van der Waals surface area contributed by atoms with Crippen molar-refractivity contribution >= 4 is 23.0 Å². The fraction of sp³-hybridized carbons (Fsp3) is 0.211. The van der Waals surface area contributed by atoms with Gasteiger partial charge in [0, 0.05) is 23.9 Å². The standard InChI is InChI=1S/C19H18N4O3/c1-10-17(19(24)21-2)13-7-15-16(26-9-25-15)8-14(13)18(23-22-10)11-3-5-12(20)6-4-11/h3-8,17H,9,20H2,1-2H3,(H,21,24). The van der Waals surface area contributed by atoms with Gasteiger partial charge in [-0.05, 0) is 36.8 Å². The SMILES string of the molecule is CNC(=O)C1C(C)=NN=C(c2ccc(N)cc2)c2cc3c(cc21)OCO3. The molecule has 2 aliphatic rings. The predicted molar refractivity (Wildman–Crippen MR) is 99.0 cm³/mol. The van der Waals surface area contributed by atoms with E-state index in [4.69, 9.17) is 15.2 Å². The van der Waals surface area contributed by atoms with Gasteiger partial charge in [0.05, 0.1) is 5.71 Å². The van der Waals surface area contributed by atoms with Crippen molar-refractivity contribution in [1.29, 1.82) is 0 Å². The molecule has 7 heteroatoms. The summed E-state index contributed by atoms with van der Waals surface area (Å²) in [5.74, 6) is 0.533. The highest BCUT2D eigenvalue weighted by Crippen LogP contribution is 2.39. The number of rotatable bonds is 2. The normalized spacial score (nSPS) is 17.7. The first kappa shape index (κ1) is 16.1. The minimum Gasteiger partial charge on any atom is -0.454 e. The summed E-state index contributed by atoms with van der Waals surface area (Å²) in [5.41, 5.74) is 10.1. The first-order valence-corrected chi connectivity index (χ1v) is 8.22. The minimum absolute atomic E-state index is 0.153. The molecule has 0 saturated carbocycles. The van der Waals surface area contributed by atoms with Gasteiger partial charge in [0.15, 0.2) is 11.5 Å². The number of amides is 1. The van der Waals surface area contributed by atoms with Crippen LogP contribution < -0.4 is 20.5 Å². The van der Waals surface area contributed by atoms with Crippen LogP contribution in [0.3, 0.4) is 0 Å². The molecule has 2 aliphatic heterocycles. The van der Waals surface area contributed by atoms with Crippen LogP contribution in [-0.2, 0) is 4.79 Å². The number of hydrogen-bond donors (Lipinski definition) is 2. The number of anilines is 1. The maximum absolute atomic E-state index is 12.5. The number of benzene rings is 2. The van der Waals surface area contributed by atoms with E-state index < -0.39 is 5.92 Å². The van der Waals surface area contributed by atoms with E-state index in [-0.39, 0.29) is 12.7 Å². The van der Waals surface area contributed by atoms with Gasteiger partial charge in [0.25, 0.3) is 0 Å². The highest BCUT2D eigenvalue weighted by atomic mass is 16.7. The third-order valence-corrected chi connectivity index (χ3v) is 4.53. The topological polar surface area (TPSA) is 98.3 Å². The molecule has 3 N–H and O–H groups in total. The van der Waals surface area contributed by atoms with Crippen LogP contribution in [0.5, 0.6) is 11.5 Å². The van der Waals surface area contributed by atoms with Crippen LogP contribution in [-0.4, -0.2) is 31.2 Å². The van der Waals surface area contributed by atoms with E-state index >= 15 is 0 Å². The molecule has 7 nitrogen and oxygen atoms in total. The van der Waals surface area contributed by atoms with Gasteiger partial charge in [-0.25, -0.2) is 0 Å². The summed E-state index contributed by atoms with van der Waals surface area (Å²) >= 11 is 0. The van der Waals surface area contributed by atoms with E-state index in [9.17, 15) is 4.79 Å². The molecular weight excluding hydrogens is 332 g/mol. The van der Waals surface area contributed by atoms with Crippen molar-refractivity contribution in [3.8, 4) is 11.5 Å². The Labute approximate surface area is 150 Å². The van der Waals surface area contributed by atoms with Gasteiger partial charge < -0.3 is 20.5 Å². The molecule has 2 heterocycles. The van der Waals surface area contributed by atoms with Crippen molar-refractivity contribution in [2.45, 2.75) is 12.8 Å². The highest BCUT2D eigenvalue weighted by molar-refractivity contribution is 6.19. The van der Waals surface area contributed by atoms with Gasteiger partial charge in [-0.15, -0.1) is 5.10 Å². The molecule has 0 aromatic heterocycles. The summed E-state index contributed by atoms with van der Waals surface area (Å²) in [4.78, 5) is 12.5. The number of nitrogens with zero attached hydrogens (tertiary/aromatic N) is 2. The molecule has 1 unspecified atom stereocenters. The minimum atomic E-state index is -0.556. The second-order valence-electron chi connectivity index (χ2n) is 6.15. The van der Waals surface area contributed by atoms with Crippen LogP contribution in [0, 0.1) is 0 Å². The fourth-order valence-corrected chi connectivity index (χ4v) is 3.20. The van der Waals surface area contributed by atoms with Crippen LogP contribution in [0.4, 0.5) is 5.69 Å². The Morgan fingerprint density at radius 1 is 1.15 bits per heavy atom. The van der Waals surface area contributed by atoms with Gasteiger partial charge in [-0.3, -0.25) is 4.79 Å². The number of hydrogen-bond acceptors (Lipinski definition) is 6. The van der Waals surface area contributed by atoms with Crippen LogP contribution in [0.2, 0.25) is 0 Å². The summed E-state index contributed by atoms with van der Waals surface area (Å²) in [5, 5.41) is 11.4. The van der Waals surface area contributed by atoms with Crippen molar-refractivity contribution in [2.75, 3.05) is 19.6 Å². The molecule has 0 spiro atoms. The Hall–Kier alpha value is -3.35. The number of nitrogens with two attached hydrogens (primary N) is 1. The zero-order valence-electron chi connectivity index (χ0n) is 14.4. The van der Waals surface area contributed by atoms with Gasteiger partial charge >= 0.3 is 0 Å². The number of ether oxygens (including phenoxy) is 2. The fourth-order valence-electron chi connectivity index (χ4n) is 3.20. The Bertz CT molecular complexity index is 948. The highest BCUT2D eigenvalue weighted by Gasteiger charge is 2.32. The maximum atomic E-state index is 12.5. The summed E-state index contributed by atoms with van der Waals surface area (Å²) in [6.45, 7) is 1.95. The quantitative estimate of drug-likeness (QED) is 0.810. The van der Waals surface area contributed by atoms with E-state index in [2.05, 4.69) is 15.5 Å². The number of nitrogens with one attached hydrogen (secondary N) is 1. The molecule has 1 amide bonds. The molecule has 0 fully saturated rings. The largest absolute Gasteiger partial charge is 0.454 e. The van der Waals surface area contributed by atoms with Crippen molar-refractivity contribution in [2.24, 2.45) is 10.2 Å². The third kappa shape index (κ3) is 2.57. The molecule has 2 aromatic carbocycles. The molecule has 0 bridgehead atoms. The van der Waals surface area contributed by atoms with E-state index in [1.54, 1.807) is 14.0 Å². The lowest BCUT2D eigenvalue weighted by molar-refractivity contribution is -0.120. The van der Waals surface area contributed by atoms with Gasteiger partial charge in [0.1, 0.15) is 11.6 Å². The van der Waals surface area contributed by atoms with E-state index in [0.717, 1.165) is 16.7 Å². The average molecular weight is 350 g/mol. The smallest absolute Gasteiger partial charge is 0.233 e. The number of fused-ring (bicyclic) bond motifs is 2. The van der Waals surface area contributed by atoms with Crippen LogP contribution >= 0.6 is 0 Å². The predicted octanol–water partition coefficient (Wildman–Crippen LogP) is 2.05. The molecule has 0 saturated heterocycles.